The summed E-state index contributed by atoms with van der Waals surface area (Å²) in [5, 5.41) is 1.47. The Morgan fingerprint density at radius 1 is 1.91 bits per heavy atom. The molecule has 0 aromatic heterocycles. The van der Waals surface area contributed by atoms with Crippen molar-refractivity contribution in [3.05, 3.63) is 11.0 Å². The highest BCUT2D eigenvalue weighted by Gasteiger charge is 2.26. The lowest BCUT2D eigenvalue weighted by Gasteiger charge is -2.00. The first-order chi connectivity index (χ1) is 5.27. The third kappa shape index (κ3) is 2.55. The second-order valence-electron chi connectivity index (χ2n) is 2.31. The number of methoxy groups -OCH3 is 1. The number of epoxide rings is 1. The van der Waals surface area contributed by atoms with Gasteiger partial charge in [0.1, 0.15) is 0 Å². The Labute approximate surface area is 70.8 Å². The third-order valence-corrected chi connectivity index (χ3v) is 1.77. The van der Waals surface area contributed by atoms with Crippen LogP contribution in [0.5, 0.6) is 0 Å². The van der Waals surface area contributed by atoms with Gasteiger partial charge in [-0.3, -0.25) is 0 Å². The van der Waals surface area contributed by atoms with Crippen LogP contribution in [-0.2, 0) is 14.3 Å². The van der Waals surface area contributed by atoms with Crippen LogP contribution in [0.2, 0.25) is 0 Å². The monoisotopic (exact) mass is 174 g/mol. The Morgan fingerprint density at radius 3 is 2.91 bits per heavy atom. The minimum Gasteiger partial charge on any atom is -0.466 e. The maximum Gasteiger partial charge on any atom is 0.334 e. The lowest BCUT2D eigenvalue weighted by molar-refractivity contribution is -0.136. The molecule has 0 saturated carbocycles. The molecule has 0 aliphatic carbocycles. The Morgan fingerprint density at radius 2 is 2.55 bits per heavy atom. The molecule has 1 aliphatic heterocycles. The van der Waals surface area contributed by atoms with Crippen molar-refractivity contribution < 1.29 is 14.3 Å². The van der Waals surface area contributed by atoms with Gasteiger partial charge in [0.15, 0.2) is 0 Å². The summed E-state index contributed by atoms with van der Waals surface area (Å²) in [6, 6.07) is 0. The first-order valence-electron chi connectivity index (χ1n) is 3.31. The van der Waals surface area contributed by atoms with Crippen molar-refractivity contribution in [1.82, 2.24) is 0 Å². The van der Waals surface area contributed by atoms with Gasteiger partial charge in [-0.1, -0.05) is 0 Å². The van der Waals surface area contributed by atoms with Crippen LogP contribution in [0.4, 0.5) is 0 Å². The molecule has 0 amide bonds. The zero-order valence-corrected chi connectivity index (χ0v) is 7.14. The Hall–Kier alpha value is -0.480. The summed E-state index contributed by atoms with van der Waals surface area (Å²) in [5.41, 5.74) is 0.568. The fraction of sp³-hybridized carbons (Fsp3) is 0.571. The third-order valence-electron chi connectivity index (χ3n) is 1.45. The fourth-order valence-corrected chi connectivity index (χ4v) is 0.962. The number of esters is 1. The largest absolute Gasteiger partial charge is 0.466 e. The van der Waals surface area contributed by atoms with E-state index < -0.39 is 0 Å². The molecule has 0 aromatic carbocycles. The van der Waals surface area contributed by atoms with E-state index in [2.05, 4.69) is 17.4 Å². The predicted octanol–water partition coefficient (Wildman–Crippen LogP) is 0.762. The van der Waals surface area contributed by atoms with Crippen molar-refractivity contribution in [2.75, 3.05) is 13.7 Å². The van der Waals surface area contributed by atoms with Crippen molar-refractivity contribution in [2.24, 2.45) is 0 Å². The highest BCUT2D eigenvalue weighted by molar-refractivity contribution is 7.83. The molecule has 1 saturated heterocycles. The Bertz CT molecular complexity index is 184. The predicted molar refractivity (Wildman–Crippen MR) is 43.4 cm³/mol. The molecule has 0 aromatic rings. The maximum atomic E-state index is 10.9. The molecule has 1 heterocycles. The molecular weight excluding hydrogens is 164 g/mol. The Kier molecular flexibility index (Phi) is 2.96. The van der Waals surface area contributed by atoms with Crippen molar-refractivity contribution in [1.29, 1.82) is 0 Å². The molecule has 1 fully saturated rings. The van der Waals surface area contributed by atoms with Crippen LogP contribution >= 0.6 is 12.6 Å². The number of hydrogen-bond donors (Lipinski definition) is 1. The number of rotatable bonds is 3. The molecule has 62 valence electrons. The zero-order valence-electron chi connectivity index (χ0n) is 6.24. The van der Waals surface area contributed by atoms with E-state index in [4.69, 9.17) is 4.74 Å². The van der Waals surface area contributed by atoms with Gasteiger partial charge >= 0.3 is 5.97 Å². The number of hydrogen-bond acceptors (Lipinski definition) is 4. The summed E-state index contributed by atoms with van der Waals surface area (Å²) in [7, 11) is 1.35. The lowest BCUT2D eigenvalue weighted by Crippen LogP contribution is -2.06. The van der Waals surface area contributed by atoms with E-state index in [1.165, 1.54) is 12.5 Å². The number of carbonyl (C=O) groups excluding carboxylic acids is 1. The molecule has 1 rings (SSSR count). The number of thiol groups is 1. The SMILES string of the molecule is COC(=O)C(=CS)CC1CO1. The van der Waals surface area contributed by atoms with Crippen molar-refractivity contribution in [2.45, 2.75) is 12.5 Å². The van der Waals surface area contributed by atoms with Crippen LogP contribution in [0.15, 0.2) is 11.0 Å². The average Bonchev–Trinajstić information content (AvgIpc) is 2.82. The van der Waals surface area contributed by atoms with E-state index in [1.54, 1.807) is 0 Å². The second-order valence-corrected chi connectivity index (χ2v) is 2.56. The van der Waals surface area contributed by atoms with Gasteiger partial charge in [-0.2, -0.15) is 12.6 Å². The molecule has 3 nitrogen and oxygen atoms in total. The first kappa shape index (κ1) is 8.62. The normalized spacial score (nSPS) is 23.1. The standard InChI is InChI=1S/C7H10O3S/c1-9-7(8)5(4-11)2-6-3-10-6/h4,6,11H,2-3H2,1H3. The van der Waals surface area contributed by atoms with Crippen LogP contribution < -0.4 is 0 Å². The molecular formula is C7H10O3S. The van der Waals surface area contributed by atoms with Crippen LogP contribution in [-0.4, -0.2) is 25.8 Å². The van der Waals surface area contributed by atoms with E-state index in [-0.39, 0.29) is 12.1 Å². The smallest absolute Gasteiger partial charge is 0.334 e. The van der Waals surface area contributed by atoms with Crippen LogP contribution in [0.25, 0.3) is 0 Å². The van der Waals surface area contributed by atoms with Gasteiger partial charge in [-0.25, -0.2) is 4.79 Å². The summed E-state index contributed by atoms with van der Waals surface area (Å²) in [6.07, 6.45) is 0.809. The van der Waals surface area contributed by atoms with Gasteiger partial charge in [0, 0.05) is 12.0 Å². The van der Waals surface area contributed by atoms with E-state index >= 15 is 0 Å². The molecule has 0 spiro atoms. The second kappa shape index (κ2) is 3.78. The fourth-order valence-electron chi connectivity index (χ4n) is 0.751. The topological polar surface area (TPSA) is 38.8 Å². The summed E-state index contributed by atoms with van der Waals surface area (Å²) in [4.78, 5) is 10.9. The molecule has 4 heteroatoms. The lowest BCUT2D eigenvalue weighted by atomic mass is 10.2. The van der Waals surface area contributed by atoms with Crippen LogP contribution in [0.1, 0.15) is 6.42 Å². The van der Waals surface area contributed by atoms with E-state index in [1.807, 2.05) is 0 Å². The molecule has 11 heavy (non-hydrogen) atoms. The van der Waals surface area contributed by atoms with Crippen molar-refractivity contribution in [3.63, 3.8) is 0 Å². The summed E-state index contributed by atoms with van der Waals surface area (Å²) in [6.45, 7) is 0.738. The highest BCUT2D eigenvalue weighted by atomic mass is 32.1. The van der Waals surface area contributed by atoms with Gasteiger partial charge < -0.3 is 9.47 Å². The van der Waals surface area contributed by atoms with Gasteiger partial charge in [0.2, 0.25) is 0 Å². The van der Waals surface area contributed by atoms with Gasteiger partial charge in [-0.15, -0.1) is 0 Å². The van der Waals surface area contributed by atoms with Crippen molar-refractivity contribution in [3.8, 4) is 0 Å². The molecule has 0 N–H and O–H groups in total. The molecule has 1 unspecified atom stereocenters. The van der Waals surface area contributed by atoms with Gasteiger partial charge in [0.25, 0.3) is 0 Å². The minimum absolute atomic E-state index is 0.201. The zero-order chi connectivity index (χ0) is 8.27. The van der Waals surface area contributed by atoms with Crippen LogP contribution in [0.3, 0.4) is 0 Å². The average molecular weight is 174 g/mol. The molecule has 0 bridgehead atoms. The highest BCUT2D eigenvalue weighted by Crippen LogP contribution is 2.20. The summed E-state index contributed by atoms with van der Waals surface area (Å²) < 4.78 is 9.47. The van der Waals surface area contributed by atoms with Crippen molar-refractivity contribution >= 4 is 18.6 Å². The van der Waals surface area contributed by atoms with Crippen LogP contribution in [0, 0.1) is 0 Å². The summed E-state index contributed by atoms with van der Waals surface area (Å²) >= 11 is 3.89. The quantitative estimate of drug-likeness (QED) is 0.297. The van der Waals surface area contributed by atoms with E-state index in [0.29, 0.717) is 12.0 Å². The summed E-state index contributed by atoms with van der Waals surface area (Å²) in [5.74, 6) is -0.324. The Balaban J connectivity index is 2.41. The van der Waals surface area contributed by atoms with E-state index in [9.17, 15) is 4.79 Å². The molecule has 1 aliphatic rings. The number of carbonyl (C=O) groups is 1. The van der Waals surface area contributed by atoms with Gasteiger partial charge in [0.05, 0.1) is 19.8 Å². The minimum atomic E-state index is -0.324. The number of ether oxygens (including phenoxy) is 2. The van der Waals surface area contributed by atoms with E-state index in [0.717, 1.165) is 6.61 Å². The molecule has 0 radical (unpaired) electrons. The van der Waals surface area contributed by atoms with Gasteiger partial charge in [-0.05, 0) is 5.41 Å². The molecule has 1 atom stereocenters. The first-order valence-corrected chi connectivity index (χ1v) is 3.82. The maximum absolute atomic E-state index is 10.9.